The summed E-state index contributed by atoms with van der Waals surface area (Å²) in [5.74, 6) is 0. The Morgan fingerprint density at radius 1 is 0.108 bits per heavy atom. The lowest BCUT2D eigenvalue weighted by molar-refractivity contribution is 1.33. The molecule has 0 amide bonds. The molecule has 4 aromatic heterocycles. The molecule has 0 fully saturated rings. The van der Waals surface area contributed by atoms with Gasteiger partial charge in [-0.15, -0.1) is 0 Å². The Morgan fingerprint density at radius 2 is 0.275 bits per heavy atom. The van der Waals surface area contributed by atoms with E-state index in [1.807, 2.05) is 49.6 Å². The first-order valence-corrected chi connectivity index (χ1v) is 34.8. The predicted molar refractivity (Wildman–Crippen MR) is 428 cm³/mol. The summed E-state index contributed by atoms with van der Waals surface area (Å²) in [5, 5.41) is 14.2. The standard InChI is InChI=1S/C98H62N4/c1-3-11-63(12-4-1)77-35-39-85-89(59-77)93(73-27-19-65(20-28-73)69-43-51-99-52-44-69)87-41-37-79(61-91(87)95(85)75-31-23-67(24-32-75)71-47-55-101-56-48-71)97-81-15-7-9-17-83(81)98(84-18-10-8-16-82(84)97)80-38-42-88-92(62-80)96(76-33-25-68(26-34-76)72-49-57-102-58-50-72)86-40-36-78(64-13-5-2-6-14-64)60-90(86)94(88)74-29-21-66(22-30-74)70-45-53-100-54-46-70/h1-62H. The fraction of sp³-hybridized carbons (Fsp3) is 0. The summed E-state index contributed by atoms with van der Waals surface area (Å²) < 4.78 is 0. The summed E-state index contributed by atoms with van der Waals surface area (Å²) in [7, 11) is 0. The van der Waals surface area contributed by atoms with Gasteiger partial charge in [0.1, 0.15) is 0 Å². The second-order valence-electron chi connectivity index (χ2n) is 26.4. The van der Waals surface area contributed by atoms with Gasteiger partial charge in [-0.25, -0.2) is 0 Å². The van der Waals surface area contributed by atoms with Crippen LogP contribution in [0.2, 0.25) is 0 Å². The Hall–Kier alpha value is -13.5. The molecule has 15 aromatic carbocycles. The Labute approximate surface area is 591 Å². The second-order valence-corrected chi connectivity index (χ2v) is 26.4. The first-order chi connectivity index (χ1) is 50.6. The summed E-state index contributed by atoms with van der Waals surface area (Å²) in [4.78, 5) is 17.4. The van der Waals surface area contributed by atoms with Gasteiger partial charge in [0.05, 0.1) is 0 Å². The normalized spacial score (nSPS) is 11.5. The molecule has 0 atom stereocenters. The molecule has 474 valence electrons. The highest BCUT2D eigenvalue weighted by Gasteiger charge is 2.25. The van der Waals surface area contributed by atoms with E-state index in [9.17, 15) is 0 Å². The third-order valence-corrected chi connectivity index (χ3v) is 20.7. The first-order valence-electron chi connectivity index (χ1n) is 34.8. The molecule has 0 bridgehead atoms. The third-order valence-electron chi connectivity index (χ3n) is 20.7. The highest BCUT2D eigenvalue weighted by Crippen LogP contribution is 2.52. The van der Waals surface area contributed by atoms with E-state index in [0.717, 1.165) is 77.9 Å². The van der Waals surface area contributed by atoms with Crippen molar-refractivity contribution >= 4 is 64.6 Å². The van der Waals surface area contributed by atoms with Gasteiger partial charge < -0.3 is 0 Å². The number of rotatable bonds is 12. The lowest BCUT2D eigenvalue weighted by atomic mass is 9.81. The molecule has 0 unspecified atom stereocenters. The van der Waals surface area contributed by atoms with E-state index in [1.165, 1.54) is 120 Å². The minimum Gasteiger partial charge on any atom is -0.265 e. The molecule has 19 rings (SSSR count). The van der Waals surface area contributed by atoms with Crippen LogP contribution < -0.4 is 0 Å². The number of benzene rings is 15. The van der Waals surface area contributed by atoms with Gasteiger partial charge in [0.15, 0.2) is 0 Å². The average molecular weight is 1300 g/mol. The number of fused-ring (bicyclic) bond motifs is 6. The van der Waals surface area contributed by atoms with E-state index >= 15 is 0 Å². The number of hydrogen-bond donors (Lipinski definition) is 0. The molecule has 0 spiro atoms. The van der Waals surface area contributed by atoms with E-state index in [4.69, 9.17) is 0 Å². The van der Waals surface area contributed by atoms with Gasteiger partial charge in [-0.2, -0.15) is 0 Å². The van der Waals surface area contributed by atoms with Crippen LogP contribution in [0, 0.1) is 0 Å². The zero-order valence-corrected chi connectivity index (χ0v) is 55.6. The van der Waals surface area contributed by atoms with E-state index in [-0.39, 0.29) is 0 Å². The third kappa shape index (κ3) is 10.6. The summed E-state index contributed by atoms with van der Waals surface area (Å²) >= 11 is 0. The summed E-state index contributed by atoms with van der Waals surface area (Å²) in [6.07, 6.45) is 14.9. The average Bonchev–Trinajstić information content (AvgIpc) is 0.724. The largest absolute Gasteiger partial charge is 0.265 e. The van der Waals surface area contributed by atoms with Crippen LogP contribution in [-0.2, 0) is 0 Å². The first kappa shape index (κ1) is 59.7. The molecule has 102 heavy (non-hydrogen) atoms. The second kappa shape index (κ2) is 25.4. The van der Waals surface area contributed by atoms with E-state index in [1.54, 1.807) is 0 Å². The number of pyridine rings is 4. The van der Waals surface area contributed by atoms with Crippen LogP contribution in [-0.4, -0.2) is 19.9 Å². The number of aromatic nitrogens is 4. The van der Waals surface area contributed by atoms with Gasteiger partial charge in [0.25, 0.3) is 0 Å². The van der Waals surface area contributed by atoms with Crippen molar-refractivity contribution in [3.63, 3.8) is 0 Å². The minimum atomic E-state index is 1.13. The molecular formula is C98H62N4. The van der Waals surface area contributed by atoms with Gasteiger partial charge in [-0.3, -0.25) is 19.9 Å². The maximum atomic E-state index is 4.35. The molecule has 0 aliphatic rings. The van der Waals surface area contributed by atoms with Gasteiger partial charge in [-0.05, 0) is 271 Å². The summed E-state index contributed by atoms with van der Waals surface area (Å²) in [5.41, 5.74) is 27.8. The van der Waals surface area contributed by atoms with Crippen molar-refractivity contribution in [3.05, 3.63) is 377 Å². The molecule has 4 nitrogen and oxygen atoms in total. The van der Waals surface area contributed by atoms with Crippen LogP contribution >= 0.6 is 0 Å². The van der Waals surface area contributed by atoms with Crippen molar-refractivity contribution in [2.75, 3.05) is 0 Å². The van der Waals surface area contributed by atoms with Crippen LogP contribution in [0.4, 0.5) is 0 Å². The number of hydrogen-bond acceptors (Lipinski definition) is 4. The van der Waals surface area contributed by atoms with E-state index in [0.29, 0.717) is 0 Å². The van der Waals surface area contributed by atoms with Gasteiger partial charge in [0.2, 0.25) is 0 Å². The molecule has 0 aliphatic carbocycles. The van der Waals surface area contributed by atoms with Crippen LogP contribution in [0.15, 0.2) is 377 Å². The van der Waals surface area contributed by atoms with Crippen LogP contribution in [0.25, 0.3) is 198 Å². The molecule has 0 N–H and O–H groups in total. The Morgan fingerprint density at radius 3 is 0.529 bits per heavy atom. The van der Waals surface area contributed by atoms with Crippen molar-refractivity contribution in [1.29, 1.82) is 0 Å². The van der Waals surface area contributed by atoms with E-state index in [2.05, 4.69) is 348 Å². The Kier molecular flexibility index (Phi) is 14.9. The van der Waals surface area contributed by atoms with Crippen molar-refractivity contribution in [1.82, 2.24) is 19.9 Å². The van der Waals surface area contributed by atoms with Gasteiger partial charge >= 0.3 is 0 Å². The Balaban J connectivity index is 0.854. The molecule has 4 heteroatoms. The van der Waals surface area contributed by atoms with Crippen molar-refractivity contribution in [2.24, 2.45) is 0 Å². The maximum Gasteiger partial charge on any atom is 0.0273 e. The maximum absolute atomic E-state index is 4.35. The molecular weight excluding hydrogens is 1230 g/mol. The Bertz CT molecular complexity index is 5940. The van der Waals surface area contributed by atoms with Crippen LogP contribution in [0.5, 0.6) is 0 Å². The summed E-state index contributed by atoms with van der Waals surface area (Å²) in [6, 6.07) is 122. The molecule has 19 aromatic rings. The number of nitrogens with zero attached hydrogens (tertiary/aromatic N) is 4. The predicted octanol–water partition coefficient (Wildman–Crippen LogP) is 26.2. The lowest BCUT2D eigenvalue weighted by Gasteiger charge is -2.22. The fourth-order valence-electron chi connectivity index (χ4n) is 15.9. The van der Waals surface area contributed by atoms with Crippen molar-refractivity contribution < 1.29 is 0 Å². The lowest BCUT2D eigenvalue weighted by Crippen LogP contribution is -1.95. The molecule has 0 radical (unpaired) electrons. The smallest absolute Gasteiger partial charge is 0.0273 e. The van der Waals surface area contributed by atoms with Crippen LogP contribution in [0.3, 0.4) is 0 Å². The highest BCUT2D eigenvalue weighted by atomic mass is 14.6. The highest BCUT2D eigenvalue weighted by molar-refractivity contribution is 6.27. The van der Waals surface area contributed by atoms with E-state index < -0.39 is 0 Å². The topological polar surface area (TPSA) is 51.6 Å². The SMILES string of the molecule is c1ccc(-c2ccc3c(-c4ccc(-c5ccncc5)cc4)c4cc(-c5c6ccccc6c(-c6ccc7c(-c8ccc(-c9ccncc9)cc8)c8cc(-c9ccccc9)ccc8c(-c8ccc(-c9ccncc9)cc8)c7c6)c6ccccc56)ccc4c(-c4ccc(-c5ccncc5)cc4)c3c2)cc1. The molecule has 4 heterocycles. The minimum absolute atomic E-state index is 1.13. The van der Waals surface area contributed by atoms with Gasteiger partial charge in [-0.1, -0.05) is 255 Å². The summed E-state index contributed by atoms with van der Waals surface area (Å²) in [6.45, 7) is 0. The molecule has 0 saturated carbocycles. The van der Waals surface area contributed by atoms with Crippen molar-refractivity contribution in [3.8, 4) is 134 Å². The quantitative estimate of drug-likeness (QED) is 0.114. The fourth-order valence-corrected chi connectivity index (χ4v) is 15.9. The zero-order valence-electron chi connectivity index (χ0n) is 55.6. The molecule has 0 saturated heterocycles. The zero-order chi connectivity index (χ0) is 67.5. The van der Waals surface area contributed by atoms with Crippen molar-refractivity contribution in [2.45, 2.75) is 0 Å². The molecule has 0 aliphatic heterocycles. The van der Waals surface area contributed by atoms with Gasteiger partial charge in [0, 0.05) is 49.6 Å². The monoisotopic (exact) mass is 1290 g/mol. The van der Waals surface area contributed by atoms with Crippen LogP contribution in [0.1, 0.15) is 0 Å².